The van der Waals surface area contributed by atoms with Gasteiger partial charge < -0.3 is 5.11 Å². The van der Waals surface area contributed by atoms with Crippen LogP contribution in [0.1, 0.15) is 41.8 Å². The van der Waals surface area contributed by atoms with Crippen LogP contribution in [0.4, 0.5) is 0 Å². The van der Waals surface area contributed by atoms with Crippen LogP contribution in [-0.4, -0.2) is 16.5 Å². The van der Waals surface area contributed by atoms with Gasteiger partial charge in [-0.3, -0.25) is 4.79 Å². The topological polar surface area (TPSA) is 37.3 Å². The van der Waals surface area contributed by atoms with Gasteiger partial charge in [-0.1, -0.05) is 30.9 Å². The molecule has 1 aromatic heterocycles. The molecule has 2 nitrogen and oxygen atoms in total. The third kappa shape index (κ3) is 2.25. The second kappa shape index (κ2) is 4.24. The van der Waals surface area contributed by atoms with Gasteiger partial charge in [-0.05, 0) is 25.0 Å². The van der Waals surface area contributed by atoms with Crippen molar-refractivity contribution in [2.75, 3.05) is 0 Å². The Morgan fingerprint density at radius 3 is 2.53 bits per heavy atom. The fourth-order valence-electron chi connectivity index (χ4n) is 2.03. The number of aliphatic hydroxyl groups is 1. The lowest BCUT2D eigenvalue weighted by molar-refractivity contribution is 0.0120. The quantitative estimate of drug-likeness (QED) is 0.811. The second-order valence-corrected chi connectivity index (χ2v) is 5.74. The highest BCUT2D eigenvalue weighted by Crippen LogP contribution is 2.33. The van der Waals surface area contributed by atoms with Crippen LogP contribution in [0.2, 0.25) is 4.34 Å². The number of hydrogen-bond acceptors (Lipinski definition) is 3. The predicted molar refractivity (Wildman–Crippen MR) is 61.7 cm³/mol. The molecule has 1 fully saturated rings. The Hall–Kier alpha value is -0.380. The third-order valence-corrected chi connectivity index (χ3v) is 4.13. The smallest absolute Gasteiger partial charge is 0.204 e. The Kier molecular flexibility index (Phi) is 3.14. The first-order valence-electron chi connectivity index (χ1n) is 5.14. The molecular formula is C11H13ClO2S. The molecule has 0 atom stereocenters. The van der Waals surface area contributed by atoms with Gasteiger partial charge >= 0.3 is 0 Å². The largest absolute Gasteiger partial charge is 0.382 e. The summed E-state index contributed by atoms with van der Waals surface area (Å²) in [6.07, 6.45) is 4.15. The number of halogens is 1. The van der Waals surface area contributed by atoms with Crippen LogP contribution in [0.3, 0.4) is 0 Å². The molecule has 0 saturated heterocycles. The number of carbonyl (C=O) groups is 1. The minimum atomic E-state index is -1.13. The van der Waals surface area contributed by atoms with Crippen molar-refractivity contribution in [2.45, 2.75) is 37.7 Å². The van der Waals surface area contributed by atoms with E-state index in [1.807, 2.05) is 0 Å². The maximum atomic E-state index is 12.0. The van der Waals surface area contributed by atoms with E-state index < -0.39 is 5.60 Å². The molecule has 1 saturated carbocycles. The summed E-state index contributed by atoms with van der Waals surface area (Å²) < 4.78 is 0.595. The Morgan fingerprint density at radius 1 is 1.33 bits per heavy atom. The zero-order valence-corrected chi connectivity index (χ0v) is 9.90. The summed E-state index contributed by atoms with van der Waals surface area (Å²) >= 11 is 7.02. The molecule has 0 aromatic carbocycles. The van der Waals surface area contributed by atoms with E-state index in [1.54, 1.807) is 12.1 Å². The van der Waals surface area contributed by atoms with Gasteiger partial charge in [0.05, 0.1) is 9.21 Å². The SMILES string of the molecule is O=C(c1ccc(Cl)s1)C1(O)CCCCC1. The lowest BCUT2D eigenvalue weighted by Gasteiger charge is -2.29. The molecule has 0 amide bonds. The molecule has 4 heteroatoms. The van der Waals surface area contributed by atoms with Crippen LogP contribution in [0.5, 0.6) is 0 Å². The standard InChI is InChI=1S/C11H13ClO2S/c12-9-5-4-8(15-9)10(13)11(14)6-2-1-3-7-11/h4-5,14H,1-3,6-7H2. The Labute approximate surface area is 97.9 Å². The van der Waals surface area contributed by atoms with Crippen molar-refractivity contribution in [1.29, 1.82) is 0 Å². The van der Waals surface area contributed by atoms with E-state index in [-0.39, 0.29) is 5.78 Å². The van der Waals surface area contributed by atoms with Gasteiger partial charge in [0.1, 0.15) is 5.60 Å². The van der Waals surface area contributed by atoms with Crippen LogP contribution in [-0.2, 0) is 0 Å². The molecule has 1 heterocycles. The number of Topliss-reactive ketones (excluding diaryl/α,β-unsaturated/α-hetero) is 1. The molecule has 1 aromatic rings. The summed E-state index contributed by atoms with van der Waals surface area (Å²) in [7, 11) is 0. The van der Waals surface area contributed by atoms with Crippen molar-refractivity contribution in [3.63, 3.8) is 0 Å². The van der Waals surface area contributed by atoms with Gasteiger partial charge in [0, 0.05) is 0 Å². The highest BCUT2D eigenvalue weighted by molar-refractivity contribution is 7.18. The second-order valence-electron chi connectivity index (χ2n) is 4.03. The molecular weight excluding hydrogens is 232 g/mol. The van der Waals surface area contributed by atoms with E-state index in [2.05, 4.69) is 0 Å². The summed E-state index contributed by atoms with van der Waals surface area (Å²) in [4.78, 5) is 12.6. The van der Waals surface area contributed by atoms with E-state index >= 15 is 0 Å². The molecule has 0 spiro atoms. The van der Waals surface area contributed by atoms with E-state index in [4.69, 9.17) is 11.6 Å². The monoisotopic (exact) mass is 244 g/mol. The van der Waals surface area contributed by atoms with Crippen LogP contribution in [0.15, 0.2) is 12.1 Å². The normalized spacial score (nSPS) is 20.1. The number of thiophene rings is 1. The maximum absolute atomic E-state index is 12.0. The first kappa shape index (κ1) is 11.1. The molecule has 82 valence electrons. The summed E-state index contributed by atoms with van der Waals surface area (Å²) in [5.74, 6) is -0.154. The molecule has 1 aliphatic rings. The van der Waals surface area contributed by atoms with Crippen molar-refractivity contribution < 1.29 is 9.90 Å². The van der Waals surface area contributed by atoms with E-state index in [0.29, 0.717) is 22.1 Å². The lowest BCUT2D eigenvalue weighted by Crippen LogP contribution is -2.40. The van der Waals surface area contributed by atoms with E-state index in [9.17, 15) is 9.90 Å². The molecule has 0 aliphatic heterocycles. The highest BCUT2D eigenvalue weighted by Gasteiger charge is 2.38. The first-order valence-corrected chi connectivity index (χ1v) is 6.34. The van der Waals surface area contributed by atoms with Crippen LogP contribution in [0.25, 0.3) is 0 Å². The Balaban J connectivity index is 2.19. The van der Waals surface area contributed by atoms with Gasteiger partial charge in [0.15, 0.2) is 0 Å². The fraction of sp³-hybridized carbons (Fsp3) is 0.545. The first-order chi connectivity index (χ1) is 7.12. The molecule has 0 radical (unpaired) electrons. The minimum Gasteiger partial charge on any atom is -0.382 e. The zero-order valence-electron chi connectivity index (χ0n) is 8.33. The molecule has 1 aliphatic carbocycles. The number of carbonyl (C=O) groups excluding carboxylic acids is 1. The van der Waals surface area contributed by atoms with Crippen molar-refractivity contribution >= 4 is 28.7 Å². The number of hydrogen-bond donors (Lipinski definition) is 1. The summed E-state index contributed by atoms with van der Waals surface area (Å²) in [6, 6.07) is 3.40. The van der Waals surface area contributed by atoms with Gasteiger partial charge in [-0.15, -0.1) is 11.3 Å². The van der Waals surface area contributed by atoms with Gasteiger partial charge in [0.25, 0.3) is 0 Å². The summed E-state index contributed by atoms with van der Waals surface area (Å²) in [5, 5.41) is 10.2. The zero-order chi connectivity index (χ0) is 10.9. The minimum absolute atomic E-state index is 0.154. The van der Waals surface area contributed by atoms with Crippen LogP contribution in [0, 0.1) is 0 Å². The van der Waals surface area contributed by atoms with Gasteiger partial charge in [0.2, 0.25) is 5.78 Å². The molecule has 1 N–H and O–H groups in total. The van der Waals surface area contributed by atoms with Crippen molar-refractivity contribution in [3.8, 4) is 0 Å². The summed E-state index contributed by atoms with van der Waals surface area (Å²) in [6.45, 7) is 0. The van der Waals surface area contributed by atoms with Gasteiger partial charge in [-0.25, -0.2) is 0 Å². The lowest BCUT2D eigenvalue weighted by atomic mass is 9.81. The molecule has 2 rings (SSSR count). The molecule has 0 unspecified atom stereocenters. The molecule has 15 heavy (non-hydrogen) atoms. The number of rotatable bonds is 2. The highest BCUT2D eigenvalue weighted by atomic mass is 35.5. The average molecular weight is 245 g/mol. The van der Waals surface area contributed by atoms with Crippen LogP contribution < -0.4 is 0 Å². The Bertz CT molecular complexity index is 366. The molecule has 0 bridgehead atoms. The summed E-state index contributed by atoms with van der Waals surface area (Å²) in [5.41, 5.74) is -1.13. The fourth-order valence-corrected chi connectivity index (χ4v) is 3.11. The van der Waals surface area contributed by atoms with E-state index in [1.165, 1.54) is 11.3 Å². The number of ketones is 1. The van der Waals surface area contributed by atoms with Crippen molar-refractivity contribution in [2.24, 2.45) is 0 Å². The van der Waals surface area contributed by atoms with Crippen molar-refractivity contribution in [1.82, 2.24) is 0 Å². The maximum Gasteiger partial charge on any atom is 0.204 e. The van der Waals surface area contributed by atoms with Crippen molar-refractivity contribution in [3.05, 3.63) is 21.3 Å². The third-order valence-electron chi connectivity index (χ3n) is 2.90. The van der Waals surface area contributed by atoms with E-state index in [0.717, 1.165) is 19.3 Å². The van der Waals surface area contributed by atoms with Crippen LogP contribution >= 0.6 is 22.9 Å². The average Bonchev–Trinajstić information content (AvgIpc) is 2.65. The predicted octanol–water partition coefficient (Wildman–Crippen LogP) is 3.28. The van der Waals surface area contributed by atoms with Gasteiger partial charge in [-0.2, -0.15) is 0 Å². The Morgan fingerprint density at radius 2 is 2.00 bits per heavy atom.